The van der Waals surface area contributed by atoms with Crippen molar-refractivity contribution in [2.45, 2.75) is 19.3 Å². The molecule has 0 spiro atoms. The molecule has 0 saturated heterocycles. The lowest BCUT2D eigenvalue weighted by Gasteiger charge is -2.26. The largest absolute Gasteiger partial charge is 0.456 e. The van der Waals surface area contributed by atoms with Crippen LogP contribution in [0.4, 0.5) is 17.1 Å². The van der Waals surface area contributed by atoms with Gasteiger partial charge in [-0.2, -0.15) is 0 Å². The molecule has 2 nitrogen and oxygen atoms in total. The Morgan fingerprint density at radius 2 is 1.17 bits per heavy atom. The minimum absolute atomic E-state index is 0.128. The molecule has 9 rings (SSSR count). The topological polar surface area (TPSA) is 16.4 Å². The molecule has 2 heteroatoms. The molecule has 1 aliphatic carbocycles. The second kappa shape index (κ2) is 12.8. The van der Waals surface area contributed by atoms with E-state index in [0.29, 0.717) is 0 Å². The standard InChI is InChI=1S/C51H39NO/c1-5-14-34(6-2)36-23-27-38(28-24-36)52(39-29-25-37(26-30-39)35-15-8-7-9-16-35)40-31-32-45-48(33-40)53-47-22-13-18-42(49(45)47)44-20-12-19-43-41-17-10-11-21-46(41)51(3,4)50(43)44/h5-33H,1-2H2,3-4H3/b34-14+. The van der Waals surface area contributed by atoms with Crippen LogP contribution in [-0.4, -0.2) is 0 Å². The first-order chi connectivity index (χ1) is 26.0. The van der Waals surface area contributed by atoms with E-state index in [-0.39, 0.29) is 5.41 Å². The lowest BCUT2D eigenvalue weighted by atomic mass is 9.78. The first kappa shape index (κ1) is 32.3. The average Bonchev–Trinajstić information content (AvgIpc) is 3.70. The summed E-state index contributed by atoms with van der Waals surface area (Å²) >= 11 is 0. The summed E-state index contributed by atoms with van der Waals surface area (Å²) in [4.78, 5) is 2.29. The number of nitrogens with zero attached hydrogens (tertiary/aromatic N) is 1. The first-order valence-electron chi connectivity index (χ1n) is 18.2. The maximum absolute atomic E-state index is 6.72. The van der Waals surface area contributed by atoms with E-state index in [1.54, 1.807) is 6.08 Å². The summed E-state index contributed by atoms with van der Waals surface area (Å²) in [5.41, 5.74) is 17.0. The highest BCUT2D eigenvalue weighted by atomic mass is 16.3. The number of hydrogen-bond donors (Lipinski definition) is 0. The van der Waals surface area contributed by atoms with Crippen LogP contribution in [0.1, 0.15) is 30.5 Å². The number of rotatable bonds is 8. The van der Waals surface area contributed by atoms with Crippen molar-refractivity contribution in [1.82, 2.24) is 0 Å². The van der Waals surface area contributed by atoms with E-state index in [4.69, 9.17) is 4.42 Å². The Hall–Kier alpha value is -6.64. The minimum Gasteiger partial charge on any atom is -0.456 e. The summed E-state index contributed by atoms with van der Waals surface area (Å²) in [6, 6.07) is 56.6. The zero-order chi connectivity index (χ0) is 36.1. The molecule has 0 fully saturated rings. The van der Waals surface area contributed by atoms with Crippen molar-refractivity contribution in [3.05, 3.63) is 206 Å². The Bertz CT molecular complexity index is 2710. The molecule has 0 saturated carbocycles. The van der Waals surface area contributed by atoms with Gasteiger partial charge in [-0.1, -0.05) is 154 Å². The molecule has 0 aliphatic heterocycles. The van der Waals surface area contributed by atoms with Crippen LogP contribution in [0.25, 0.3) is 60.9 Å². The van der Waals surface area contributed by atoms with Crippen LogP contribution in [0.3, 0.4) is 0 Å². The van der Waals surface area contributed by atoms with Crippen molar-refractivity contribution < 1.29 is 4.42 Å². The Morgan fingerprint density at radius 3 is 1.91 bits per heavy atom. The molecule has 0 N–H and O–H groups in total. The highest BCUT2D eigenvalue weighted by Gasteiger charge is 2.37. The molecule has 0 unspecified atom stereocenters. The lowest BCUT2D eigenvalue weighted by Crippen LogP contribution is -2.16. The smallest absolute Gasteiger partial charge is 0.137 e. The van der Waals surface area contributed by atoms with Crippen LogP contribution in [0.2, 0.25) is 0 Å². The number of anilines is 3. The van der Waals surface area contributed by atoms with Crippen molar-refractivity contribution >= 4 is 44.6 Å². The van der Waals surface area contributed by atoms with Gasteiger partial charge in [-0.05, 0) is 98.1 Å². The number of furan rings is 1. The fraction of sp³-hybridized carbons (Fsp3) is 0.0588. The van der Waals surface area contributed by atoms with Crippen molar-refractivity contribution in [3.63, 3.8) is 0 Å². The van der Waals surface area contributed by atoms with E-state index in [1.165, 1.54) is 44.5 Å². The Morgan fingerprint density at radius 1 is 0.566 bits per heavy atom. The third kappa shape index (κ3) is 5.34. The third-order valence-corrected chi connectivity index (χ3v) is 10.8. The normalized spacial score (nSPS) is 13.1. The quantitative estimate of drug-likeness (QED) is 0.148. The van der Waals surface area contributed by atoms with E-state index in [9.17, 15) is 0 Å². The summed E-state index contributed by atoms with van der Waals surface area (Å²) in [6.07, 6.45) is 5.64. The molecule has 0 atom stereocenters. The maximum atomic E-state index is 6.72. The number of fused-ring (bicyclic) bond motifs is 6. The summed E-state index contributed by atoms with van der Waals surface area (Å²) in [7, 11) is 0. The molecule has 7 aromatic carbocycles. The predicted octanol–water partition coefficient (Wildman–Crippen LogP) is 14.5. The highest BCUT2D eigenvalue weighted by molar-refractivity contribution is 6.14. The molecule has 0 bridgehead atoms. The summed E-state index contributed by atoms with van der Waals surface area (Å²) in [6.45, 7) is 12.6. The van der Waals surface area contributed by atoms with Gasteiger partial charge in [0.05, 0.1) is 0 Å². The minimum atomic E-state index is -0.128. The fourth-order valence-corrected chi connectivity index (χ4v) is 8.34. The van der Waals surface area contributed by atoms with Crippen LogP contribution >= 0.6 is 0 Å². The summed E-state index contributed by atoms with van der Waals surface area (Å²) < 4.78 is 6.72. The van der Waals surface area contributed by atoms with Gasteiger partial charge in [-0.3, -0.25) is 0 Å². The molecule has 254 valence electrons. The van der Waals surface area contributed by atoms with Crippen LogP contribution in [-0.2, 0) is 5.41 Å². The van der Waals surface area contributed by atoms with Gasteiger partial charge < -0.3 is 9.32 Å². The maximum Gasteiger partial charge on any atom is 0.137 e. The van der Waals surface area contributed by atoms with Crippen LogP contribution < -0.4 is 4.90 Å². The first-order valence-corrected chi connectivity index (χ1v) is 18.2. The molecule has 53 heavy (non-hydrogen) atoms. The molecular weight excluding hydrogens is 643 g/mol. The summed E-state index contributed by atoms with van der Waals surface area (Å²) in [5.74, 6) is 0. The van der Waals surface area contributed by atoms with Gasteiger partial charge in [0, 0.05) is 39.3 Å². The van der Waals surface area contributed by atoms with E-state index in [0.717, 1.165) is 50.1 Å². The van der Waals surface area contributed by atoms with Crippen molar-refractivity contribution in [2.75, 3.05) is 4.90 Å². The van der Waals surface area contributed by atoms with Gasteiger partial charge in [-0.25, -0.2) is 0 Å². The molecule has 8 aromatic rings. The van der Waals surface area contributed by atoms with Crippen molar-refractivity contribution in [3.8, 4) is 33.4 Å². The monoisotopic (exact) mass is 681 g/mol. The number of hydrogen-bond acceptors (Lipinski definition) is 2. The molecule has 1 aliphatic rings. The fourth-order valence-electron chi connectivity index (χ4n) is 8.34. The van der Waals surface area contributed by atoms with Crippen molar-refractivity contribution in [1.29, 1.82) is 0 Å². The number of allylic oxidation sites excluding steroid dienone is 4. The molecular formula is C51H39NO. The molecule has 0 radical (unpaired) electrons. The zero-order valence-electron chi connectivity index (χ0n) is 30.0. The Labute approximate surface area is 311 Å². The second-order valence-electron chi connectivity index (χ2n) is 14.2. The van der Waals surface area contributed by atoms with Gasteiger partial charge in [0.1, 0.15) is 11.2 Å². The van der Waals surface area contributed by atoms with Gasteiger partial charge in [-0.15, -0.1) is 0 Å². The average molecular weight is 682 g/mol. The molecule has 1 heterocycles. The van der Waals surface area contributed by atoms with E-state index < -0.39 is 0 Å². The number of benzene rings is 7. The van der Waals surface area contributed by atoms with Gasteiger partial charge in [0.15, 0.2) is 0 Å². The predicted molar refractivity (Wildman–Crippen MR) is 225 cm³/mol. The van der Waals surface area contributed by atoms with Gasteiger partial charge >= 0.3 is 0 Å². The van der Waals surface area contributed by atoms with Crippen molar-refractivity contribution in [2.24, 2.45) is 0 Å². The highest BCUT2D eigenvalue weighted by Crippen LogP contribution is 2.53. The zero-order valence-corrected chi connectivity index (χ0v) is 30.0. The van der Waals surface area contributed by atoms with Gasteiger partial charge in [0.2, 0.25) is 0 Å². The van der Waals surface area contributed by atoms with Crippen LogP contribution in [0.15, 0.2) is 194 Å². The van der Waals surface area contributed by atoms with Crippen LogP contribution in [0.5, 0.6) is 0 Å². The van der Waals surface area contributed by atoms with Gasteiger partial charge in [0.25, 0.3) is 0 Å². The molecule has 0 amide bonds. The lowest BCUT2D eigenvalue weighted by molar-refractivity contribution is 0.662. The third-order valence-electron chi connectivity index (χ3n) is 10.8. The Kier molecular flexibility index (Phi) is 7.82. The van der Waals surface area contributed by atoms with Crippen LogP contribution in [0, 0.1) is 0 Å². The van der Waals surface area contributed by atoms with E-state index >= 15 is 0 Å². The molecule has 1 aromatic heterocycles. The second-order valence-corrected chi connectivity index (χ2v) is 14.2. The van der Waals surface area contributed by atoms with E-state index in [1.807, 2.05) is 12.2 Å². The van der Waals surface area contributed by atoms with E-state index in [2.05, 4.69) is 190 Å². The SMILES string of the molecule is C=C/C=C(\C=C)c1ccc(N(c2ccc(-c3ccccc3)cc2)c2ccc3c(c2)oc2cccc(-c4cccc5c4C(C)(C)c4ccccc4-5)c23)cc1. The Balaban J connectivity index is 1.18. The summed E-state index contributed by atoms with van der Waals surface area (Å²) in [5, 5.41) is 2.24.